The van der Waals surface area contributed by atoms with Crippen molar-refractivity contribution in [3.8, 4) is 5.75 Å². The lowest BCUT2D eigenvalue weighted by Crippen LogP contribution is -2.27. The standard InChI is InChI=1S/C16H17FN2O2/c1-21-14-4-2-3-13(17)15(14)16(20)19-10-9-11-5-7-12(18)8-6-11/h2-8H,9-10,18H2,1H3,(H,19,20). The van der Waals surface area contributed by atoms with Crippen molar-refractivity contribution in [1.82, 2.24) is 5.32 Å². The van der Waals surface area contributed by atoms with E-state index in [2.05, 4.69) is 5.32 Å². The SMILES string of the molecule is COc1cccc(F)c1C(=O)NCCc1ccc(N)cc1. The van der Waals surface area contributed by atoms with Gasteiger partial charge in [0.05, 0.1) is 7.11 Å². The molecule has 0 bridgehead atoms. The average molecular weight is 288 g/mol. The number of halogens is 1. The van der Waals surface area contributed by atoms with Crippen LogP contribution in [0.3, 0.4) is 0 Å². The summed E-state index contributed by atoms with van der Waals surface area (Å²) in [5.74, 6) is -0.861. The van der Waals surface area contributed by atoms with Crippen LogP contribution in [0.5, 0.6) is 5.75 Å². The summed E-state index contributed by atoms with van der Waals surface area (Å²) in [4.78, 5) is 12.0. The highest BCUT2D eigenvalue weighted by Gasteiger charge is 2.16. The van der Waals surface area contributed by atoms with Gasteiger partial charge in [-0.15, -0.1) is 0 Å². The molecule has 3 N–H and O–H groups in total. The van der Waals surface area contributed by atoms with Crippen LogP contribution >= 0.6 is 0 Å². The van der Waals surface area contributed by atoms with Gasteiger partial charge < -0.3 is 15.8 Å². The molecule has 0 saturated carbocycles. The fraction of sp³-hybridized carbons (Fsp3) is 0.188. The first kappa shape index (κ1) is 14.8. The molecule has 0 aliphatic carbocycles. The molecule has 0 heterocycles. The highest BCUT2D eigenvalue weighted by atomic mass is 19.1. The topological polar surface area (TPSA) is 64.3 Å². The van der Waals surface area contributed by atoms with Gasteiger partial charge in [0.2, 0.25) is 0 Å². The molecule has 0 fully saturated rings. The molecule has 2 rings (SSSR count). The van der Waals surface area contributed by atoms with Gasteiger partial charge in [0.1, 0.15) is 17.1 Å². The molecule has 4 nitrogen and oxygen atoms in total. The minimum absolute atomic E-state index is 0.0719. The molecule has 0 aromatic heterocycles. The third-order valence-electron chi connectivity index (χ3n) is 3.10. The number of rotatable bonds is 5. The smallest absolute Gasteiger partial charge is 0.258 e. The second kappa shape index (κ2) is 6.74. The zero-order valence-electron chi connectivity index (χ0n) is 11.7. The van der Waals surface area contributed by atoms with E-state index in [-0.39, 0.29) is 11.3 Å². The summed E-state index contributed by atoms with van der Waals surface area (Å²) in [6, 6.07) is 11.7. The van der Waals surface area contributed by atoms with Crippen molar-refractivity contribution in [2.24, 2.45) is 0 Å². The van der Waals surface area contributed by atoms with Gasteiger partial charge in [0.15, 0.2) is 0 Å². The average Bonchev–Trinajstić information content (AvgIpc) is 2.48. The Balaban J connectivity index is 1.97. The van der Waals surface area contributed by atoms with Crippen LogP contribution in [-0.4, -0.2) is 19.6 Å². The number of methoxy groups -OCH3 is 1. The lowest BCUT2D eigenvalue weighted by Gasteiger charge is -2.10. The van der Waals surface area contributed by atoms with Crippen LogP contribution in [0.2, 0.25) is 0 Å². The van der Waals surface area contributed by atoms with E-state index in [1.165, 1.54) is 19.2 Å². The van der Waals surface area contributed by atoms with Crippen LogP contribution < -0.4 is 15.8 Å². The van der Waals surface area contributed by atoms with Gasteiger partial charge in [0, 0.05) is 12.2 Å². The number of nitrogen functional groups attached to an aromatic ring is 1. The molecule has 21 heavy (non-hydrogen) atoms. The van der Waals surface area contributed by atoms with E-state index in [1.807, 2.05) is 12.1 Å². The number of carbonyl (C=O) groups is 1. The highest BCUT2D eigenvalue weighted by Crippen LogP contribution is 2.20. The summed E-state index contributed by atoms with van der Waals surface area (Å²) in [6.45, 7) is 0.403. The Kier molecular flexibility index (Phi) is 4.77. The molecular weight excluding hydrogens is 271 g/mol. The number of benzene rings is 2. The zero-order chi connectivity index (χ0) is 15.2. The number of nitrogens with two attached hydrogens (primary N) is 1. The molecule has 0 unspecified atom stereocenters. The first-order chi connectivity index (χ1) is 10.1. The number of carbonyl (C=O) groups excluding carboxylic acids is 1. The van der Waals surface area contributed by atoms with Gasteiger partial charge in [-0.25, -0.2) is 4.39 Å². The van der Waals surface area contributed by atoms with Crippen LogP contribution in [-0.2, 0) is 6.42 Å². The Morgan fingerprint density at radius 3 is 2.62 bits per heavy atom. The maximum Gasteiger partial charge on any atom is 0.258 e. The fourth-order valence-corrected chi connectivity index (χ4v) is 1.99. The first-order valence-electron chi connectivity index (χ1n) is 6.57. The third kappa shape index (κ3) is 3.72. The number of anilines is 1. The molecule has 0 saturated heterocycles. The minimum Gasteiger partial charge on any atom is -0.496 e. The quantitative estimate of drug-likeness (QED) is 0.830. The van der Waals surface area contributed by atoms with E-state index < -0.39 is 11.7 Å². The third-order valence-corrected chi connectivity index (χ3v) is 3.10. The molecule has 1 amide bonds. The van der Waals surface area contributed by atoms with Crippen molar-refractivity contribution >= 4 is 11.6 Å². The fourth-order valence-electron chi connectivity index (χ4n) is 1.99. The van der Waals surface area contributed by atoms with E-state index in [1.54, 1.807) is 18.2 Å². The molecule has 0 spiro atoms. The maximum absolute atomic E-state index is 13.7. The minimum atomic E-state index is -0.598. The Labute approximate surface area is 122 Å². The maximum atomic E-state index is 13.7. The van der Waals surface area contributed by atoms with E-state index >= 15 is 0 Å². The van der Waals surface area contributed by atoms with E-state index in [0.717, 1.165) is 5.56 Å². The van der Waals surface area contributed by atoms with Crippen molar-refractivity contribution in [3.05, 3.63) is 59.4 Å². The molecule has 0 aliphatic rings. The largest absolute Gasteiger partial charge is 0.496 e. The lowest BCUT2D eigenvalue weighted by molar-refractivity contribution is 0.0947. The summed E-state index contributed by atoms with van der Waals surface area (Å²) >= 11 is 0. The monoisotopic (exact) mass is 288 g/mol. The van der Waals surface area contributed by atoms with Crippen molar-refractivity contribution in [2.75, 3.05) is 19.4 Å². The molecule has 5 heteroatoms. The van der Waals surface area contributed by atoms with Crippen LogP contribution in [0.25, 0.3) is 0 Å². The van der Waals surface area contributed by atoms with Gasteiger partial charge in [-0.05, 0) is 36.2 Å². The van der Waals surface area contributed by atoms with Crippen molar-refractivity contribution < 1.29 is 13.9 Å². The van der Waals surface area contributed by atoms with Crippen molar-refractivity contribution in [1.29, 1.82) is 0 Å². The Morgan fingerprint density at radius 1 is 1.24 bits per heavy atom. The van der Waals surface area contributed by atoms with Gasteiger partial charge in [0.25, 0.3) is 5.91 Å². The van der Waals surface area contributed by atoms with Gasteiger partial charge in [-0.3, -0.25) is 4.79 Å². The molecule has 0 radical (unpaired) electrons. The lowest BCUT2D eigenvalue weighted by atomic mass is 10.1. The van der Waals surface area contributed by atoms with Gasteiger partial charge in [-0.1, -0.05) is 18.2 Å². The first-order valence-corrected chi connectivity index (χ1v) is 6.57. The summed E-state index contributed by atoms with van der Waals surface area (Å²) in [6.07, 6.45) is 0.642. The molecule has 0 atom stereocenters. The molecule has 110 valence electrons. The van der Waals surface area contributed by atoms with E-state index in [9.17, 15) is 9.18 Å². The van der Waals surface area contributed by atoms with Gasteiger partial charge in [-0.2, -0.15) is 0 Å². The van der Waals surface area contributed by atoms with E-state index in [4.69, 9.17) is 10.5 Å². The number of hydrogen-bond donors (Lipinski definition) is 2. The van der Waals surface area contributed by atoms with Crippen molar-refractivity contribution in [3.63, 3.8) is 0 Å². The Hall–Kier alpha value is -2.56. The second-order valence-electron chi connectivity index (χ2n) is 4.56. The summed E-state index contributed by atoms with van der Waals surface area (Å²) in [5.41, 5.74) is 7.27. The number of amides is 1. The molecule has 2 aromatic carbocycles. The molecule has 0 aliphatic heterocycles. The summed E-state index contributed by atoms with van der Waals surface area (Å²) in [7, 11) is 1.40. The van der Waals surface area contributed by atoms with Crippen molar-refractivity contribution in [2.45, 2.75) is 6.42 Å². The predicted molar refractivity (Wildman–Crippen MR) is 79.8 cm³/mol. The van der Waals surface area contributed by atoms with Crippen LogP contribution in [0.15, 0.2) is 42.5 Å². The zero-order valence-corrected chi connectivity index (χ0v) is 11.7. The highest BCUT2D eigenvalue weighted by molar-refractivity contribution is 5.97. The normalized spacial score (nSPS) is 10.2. The summed E-state index contributed by atoms with van der Waals surface area (Å²) < 4.78 is 18.7. The summed E-state index contributed by atoms with van der Waals surface area (Å²) in [5, 5.41) is 2.69. The molecule has 2 aromatic rings. The van der Waals surface area contributed by atoms with Crippen LogP contribution in [0.1, 0.15) is 15.9 Å². The number of nitrogens with one attached hydrogen (secondary N) is 1. The van der Waals surface area contributed by atoms with Crippen LogP contribution in [0.4, 0.5) is 10.1 Å². The van der Waals surface area contributed by atoms with E-state index in [0.29, 0.717) is 18.7 Å². The Morgan fingerprint density at radius 2 is 1.95 bits per heavy atom. The number of hydrogen-bond acceptors (Lipinski definition) is 3. The second-order valence-corrected chi connectivity index (χ2v) is 4.56. The Bertz CT molecular complexity index is 627. The van der Waals surface area contributed by atoms with Gasteiger partial charge >= 0.3 is 0 Å². The van der Waals surface area contributed by atoms with Crippen LogP contribution in [0, 0.1) is 5.82 Å². The predicted octanol–water partition coefficient (Wildman–Crippen LogP) is 2.39. The molecular formula is C16H17FN2O2. The number of ether oxygens (including phenoxy) is 1.